The third kappa shape index (κ3) is 3.14. The number of carbonyl (C=O) groups excluding carboxylic acids is 1. The zero-order valence-corrected chi connectivity index (χ0v) is 11.8. The molecule has 2 aromatic rings. The van der Waals surface area contributed by atoms with Crippen LogP contribution in [0, 0.1) is 5.92 Å². The molecule has 98 valence electrons. The van der Waals surface area contributed by atoms with E-state index in [4.69, 9.17) is 11.6 Å². The topological polar surface area (TPSA) is 42.0 Å². The standard InChI is InChI=1S/C14H13ClN2OS/c15-12-4-2-1-3-10(12)7-11-8-16-14(19-11)17-13(18)9-5-6-9/h1-4,8-9H,5-7H2,(H,16,17,18). The van der Waals surface area contributed by atoms with Gasteiger partial charge in [0, 0.05) is 28.4 Å². The summed E-state index contributed by atoms with van der Waals surface area (Å²) in [4.78, 5) is 17.0. The summed E-state index contributed by atoms with van der Waals surface area (Å²) >= 11 is 7.64. The number of aromatic nitrogens is 1. The Bertz CT molecular complexity index is 607. The van der Waals surface area contributed by atoms with E-state index in [0.717, 1.165) is 34.7 Å². The zero-order valence-electron chi connectivity index (χ0n) is 10.2. The number of benzene rings is 1. The van der Waals surface area contributed by atoms with Crippen LogP contribution in [0.15, 0.2) is 30.5 Å². The first-order valence-electron chi connectivity index (χ1n) is 6.21. The number of amides is 1. The molecular formula is C14H13ClN2OS. The number of nitrogens with zero attached hydrogens (tertiary/aromatic N) is 1. The van der Waals surface area contributed by atoms with Gasteiger partial charge in [0.1, 0.15) is 0 Å². The SMILES string of the molecule is O=C(Nc1ncc(Cc2ccccc2Cl)s1)C1CC1. The summed E-state index contributed by atoms with van der Waals surface area (Å²) in [5.74, 6) is 0.301. The number of thiazole rings is 1. The highest BCUT2D eigenvalue weighted by Crippen LogP contribution is 2.31. The first kappa shape index (κ1) is 12.6. The molecule has 1 aromatic carbocycles. The molecule has 0 atom stereocenters. The highest BCUT2D eigenvalue weighted by atomic mass is 35.5. The Morgan fingerprint density at radius 1 is 1.42 bits per heavy atom. The van der Waals surface area contributed by atoms with Gasteiger partial charge in [-0.2, -0.15) is 0 Å². The van der Waals surface area contributed by atoms with Crippen LogP contribution in [0.2, 0.25) is 5.02 Å². The van der Waals surface area contributed by atoms with E-state index in [9.17, 15) is 4.79 Å². The molecule has 0 radical (unpaired) electrons. The Labute approximate surface area is 120 Å². The van der Waals surface area contributed by atoms with E-state index < -0.39 is 0 Å². The van der Waals surface area contributed by atoms with Crippen molar-refractivity contribution in [2.24, 2.45) is 5.92 Å². The third-order valence-corrected chi connectivity index (χ3v) is 4.34. The lowest BCUT2D eigenvalue weighted by atomic mass is 10.1. The summed E-state index contributed by atoms with van der Waals surface area (Å²) in [6.45, 7) is 0. The number of nitrogens with one attached hydrogen (secondary N) is 1. The number of rotatable bonds is 4. The molecule has 1 saturated carbocycles. The summed E-state index contributed by atoms with van der Waals surface area (Å²) in [6, 6.07) is 7.77. The van der Waals surface area contributed by atoms with Gasteiger partial charge in [-0.1, -0.05) is 29.8 Å². The summed E-state index contributed by atoms with van der Waals surface area (Å²) in [5.41, 5.74) is 1.08. The molecule has 1 heterocycles. The van der Waals surface area contributed by atoms with Crippen LogP contribution in [0.1, 0.15) is 23.3 Å². The van der Waals surface area contributed by atoms with Gasteiger partial charge in [0.15, 0.2) is 5.13 Å². The van der Waals surface area contributed by atoms with E-state index in [1.807, 2.05) is 24.3 Å². The van der Waals surface area contributed by atoms with Gasteiger partial charge in [-0.05, 0) is 24.5 Å². The van der Waals surface area contributed by atoms with Crippen LogP contribution in [0.4, 0.5) is 5.13 Å². The zero-order chi connectivity index (χ0) is 13.2. The predicted octanol–water partition coefficient (Wildman–Crippen LogP) is 3.74. The second-order valence-electron chi connectivity index (χ2n) is 4.66. The molecule has 0 spiro atoms. The lowest BCUT2D eigenvalue weighted by Gasteiger charge is -2.01. The molecule has 19 heavy (non-hydrogen) atoms. The minimum atomic E-state index is 0.0960. The van der Waals surface area contributed by atoms with Gasteiger partial charge < -0.3 is 5.32 Å². The lowest BCUT2D eigenvalue weighted by Crippen LogP contribution is -2.12. The van der Waals surface area contributed by atoms with Gasteiger partial charge in [0.25, 0.3) is 0 Å². The second-order valence-corrected chi connectivity index (χ2v) is 6.19. The van der Waals surface area contributed by atoms with Crippen molar-refractivity contribution in [2.75, 3.05) is 5.32 Å². The smallest absolute Gasteiger partial charge is 0.229 e. The van der Waals surface area contributed by atoms with Gasteiger partial charge >= 0.3 is 0 Å². The normalized spacial score (nSPS) is 14.4. The van der Waals surface area contributed by atoms with Crippen molar-refractivity contribution < 1.29 is 4.79 Å². The first-order valence-corrected chi connectivity index (χ1v) is 7.41. The minimum absolute atomic E-state index is 0.0960. The predicted molar refractivity (Wildman–Crippen MR) is 77.7 cm³/mol. The number of hydrogen-bond donors (Lipinski definition) is 1. The average molecular weight is 293 g/mol. The van der Waals surface area contributed by atoms with Crippen LogP contribution >= 0.6 is 22.9 Å². The maximum Gasteiger partial charge on any atom is 0.229 e. The number of hydrogen-bond acceptors (Lipinski definition) is 3. The lowest BCUT2D eigenvalue weighted by molar-refractivity contribution is -0.117. The molecule has 1 fully saturated rings. The maximum absolute atomic E-state index is 11.6. The van der Waals surface area contributed by atoms with Crippen molar-refractivity contribution in [1.29, 1.82) is 0 Å². The molecule has 0 unspecified atom stereocenters. The van der Waals surface area contributed by atoms with Crippen LogP contribution in [0.25, 0.3) is 0 Å². The molecule has 0 bridgehead atoms. The van der Waals surface area contributed by atoms with Crippen molar-refractivity contribution in [1.82, 2.24) is 4.98 Å². The highest BCUT2D eigenvalue weighted by molar-refractivity contribution is 7.15. The van der Waals surface area contributed by atoms with Crippen LogP contribution in [0.5, 0.6) is 0 Å². The van der Waals surface area contributed by atoms with E-state index in [0.29, 0.717) is 5.13 Å². The van der Waals surface area contributed by atoms with Crippen molar-refractivity contribution in [3.05, 3.63) is 45.9 Å². The summed E-state index contributed by atoms with van der Waals surface area (Å²) in [5, 5.41) is 4.30. The Morgan fingerprint density at radius 3 is 2.95 bits per heavy atom. The van der Waals surface area contributed by atoms with E-state index in [1.165, 1.54) is 11.3 Å². The summed E-state index contributed by atoms with van der Waals surface area (Å²) in [7, 11) is 0. The van der Waals surface area contributed by atoms with Crippen LogP contribution in [-0.4, -0.2) is 10.9 Å². The maximum atomic E-state index is 11.6. The van der Waals surface area contributed by atoms with Gasteiger partial charge in [-0.3, -0.25) is 4.79 Å². The molecule has 1 amide bonds. The number of halogens is 1. The second kappa shape index (κ2) is 5.31. The van der Waals surface area contributed by atoms with Gasteiger partial charge in [-0.15, -0.1) is 11.3 Å². The average Bonchev–Trinajstić information content (AvgIpc) is 3.16. The van der Waals surface area contributed by atoms with Gasteiger partial charge in [0.2, 0.25) is 5.91 Å². The van der Waals surface area contributed by atoms with Crippen molar-refractivity contribution in [3.8, 4) is 0 Å². The first-order chi connectivity index (χ1) is 9.22. The number of carbonyl (C=O) groups is 1. The van der Waals surface area contributed by atoms with Crippen LogP contribution in [-0.2, 0) is 11.2 Å². The molecule has 0 saturated heterocycles. The quantitative estimate of drug-likeness (QED) is 0.933. The summed E-state index contributed by atoms with van der Waals surface area (Å²) in [6.07, 6.45) is 4.56. The van der Waals surface area contributed by atoms with Crippen molar-refractivity contribution >= 4 is 34.0 Å². The largest absolute Gasteiger partial charge is 0.302 e. The van der Waals surface area contributed by atoms with E-state index in [-0.39, 0.29) is 11.8 Å². The number of anilines is 1. The summed E-state index contributed by atoms with van der Waals surface area (Å²) < 4.78 is 0. The molecule has 3 nitrogen and oxygen atoms in total. The Balaban J connectivity index is 1.67. The van der Waals surface area contributed by atoms with Crippen LogP contribution < -0.4 is 5.32 Å². The Kier molecular flexibility index (Phi) is 3.53. The molecule has 1 aliphatic carbocycles. The van der Waals surface area contributed by atoms with Crippen molar-refractivity contribution in [2.45, 2.75) is 19.3 Å². The van der Waals surface area contributed by atoms with Crippen molar-refractivity contribution in [3.63, 3.8) is 0 Å². The molecule has 5 heteroatoms. The highest BCUT2D eigenvalue weighted by Gasteiger charge is 2.30. The molecule has 1 N–H and O–H groups in total. The molecule has 1 aliphatic rings. The van der Waals surface area contributed by atoms with E-state index >= 15 is 0 Å². The Hall–Kier alpha value is -1.39. The van der Waals surface area contributed by atoms with Gasteiger partial charge in [0.05, 0.1) is 0 Å². The monoisotopic (exact) mass is 292 g/mol. The molecular weight excluding hydrogens is 280 g/mol. The third-order valence-electron chi connectivity index (χ3n) is 3.05. The van der Waals surface area contributed by atoms with Crippen LogP contribution in [0.3, 0.4) is 0 Å². The fourth-order valence-electron chi connectivity index (χ4n) is 1.83. The molecule has 3 rings (SSSR count). The van der Waals surface area contributed by atoms with E-state index in [1.54, 1.807) is 6.20 Å². The molecule has 0 aliphatic heterocycles. The molecule has 1 aromatic heterocycles. The van der Waals surface area contributed by atoms with Gasteiger partial charge in [-0.25, -0.2) is 4.98 Å². The Morgan fingerprint density at radius 2 is 2.21 bits per heavy atom. The van der Waals surface area contributed by atoms with E-state index in [2.05, 4.69) is 10.3 Å². The fourth-order valence-corrected chi connectivity index (χ4v) is 2.87. The fraction of sp³-hybridized carbons (Fsp3) is 0.286. The minimum Gasteiger partial charge on any atom is -0.302 e.